The molecule has 1 saturated carbocycles. The summed E-state index contributed by atoms with van der Waals surface area (Å²) in [6.07, 6.45) is 12.9. The van der Waals surface area contributed by atoms with Gasteiger partial charge in [0, 0.05) is 23.3 Å². The van der Waals surface area contributed by atoms with Gasteiger partial charge in [0.15, 0.2) is 0 Å². The predicted octanol–water partition coefficient (Wildman–Crippen LogP) is 5.45. The van der Waals surface area contributed by atoms with Crippen molar-refractivity contribution in [2.45, 2.75) is 57.8 Å². The molecule has 2 rings (SSSR count). The minimum Gasteiger partial charge on any atom is -0.261 e. The Kier molecular flexibility index (Phi) is 5.91. The summed E-state index contributed by atoms with van der Waals surface area (Å²) in [5.74, 6) is 1.33. The van der Waals surface area contributed by atoms with E-state index in [1.165, 1.54) is 49.8 Å². The van der Waals surface area contributed by atoms with Crippen LogP contribution in [0.3, 0.4) is 0 Å². The van der Waals surface area contributed by atoms with Crippen LogP contribution in [-0.2, 0) is 6.42 Å². The lowest BCUT2D eigenvalue weighted by Crippen LogP contribution is -2.12. The van der Waals surface area contributed by atoms with Crippen molar-refractivity contribution in [3.63, 3.8) is 0 Å². The van der Waals surface area contributed by atoms with Crippen LogP contribution in [0.1, 0.15) is 62.6 Å². The number of allylic oxidation sites excluding steroid dienone is 1. The average Bonchev–Trinajstić information content (AvgIpc) is 2.47. The Morgan fingerprint density at radius 2 is 2.05 bits per heavy atom. The van der Waals surface area contributed by atoms with Gasteiger partial charge in [0.25, 0.3) is 0 Å². The molecule has 0 amide bonds. The van der Waals surface area contributed by atoms with E-state index in [2.05, 4.69) is 36.3 Å². The smallest absolute Gasteiger partial charge is 0.0434 e. The first-order chi connectivity index (χ1) is 9.33. The van der Waals surface area contributed by atoms with E-state index >= 15 is 0 Å². The van der Waals surface area contributed by atoms with E-state index in [1.54, 1.807) is 5.54 Å². The van der Waals surface area contributed by atoms with Crippen LogP contribution in [0.15, 0.2) is 29.9 Å². The fraction of sp³-hybridized carbons (Fsp3) is 0.588. The second-order valence-electron chi connectivity index (χ2n) is 5.63. The van der Waals surface area contributed by atoms with Crippen molar-refractivity contribution < 1.29 is 0 Å². The van der Waals surface area contributed by atoms with Gasteiger partial charge in [-0.3, -0.25) is 4.98 Å². The van der Waals surface area contributed by atoms with Crippen molar-refractivity contribution in [3.05, 3.63) is 41.2 Å². The Labute approximate surface area is 122 Å². The van der Waals surface area contributed by atoms with Crippen LogP contribution in [-0.4, -0.2) is 4.98 Å². The zero-order valence-corrected chi connectivity index (χ0v) is 12.6. The van der Waals surface area contributed by atoms with Crippen LogP contribution in [0.2, 0.25) is 0 Å². The second-order valence-corrected chi connectivity index (χ2v) is 5.88. The molecule has 0 unspecified atom stereocenters. The quantitative estimate of drug-likeness (QED) is 0.697. The Morgan fingerprint density at radius 3 is 2.63 bits per heavy atom. The molecule has 1 fully saturated rings. The molecule has 1 heterocycles. The molecule has 1 aromatic rings. The average molecular weight is 278 g/mol. The molecule has 0 radical (unpaired) electrons. The monoisotopic (exact) mass is 277 g/mol. The van der Waals surface area contributed by atoms with Crippen LogP contribution >= 0.6 is 11.6 Å². The van der Waals surface area contributed by atoms with Crippen molar-refractivity contribution in [3.8, 4) is 0 Å². The number of hydrogen-bond donors (Lipinski definition) is 0. The molecule has 0 bridgehead atoms. The van der Waals surface area contributed by atoms with Crippen LogP contribution < -0.4 is 0 Å². The minimum absolute atomic E-state index is 0.653. The number of pyridine rings is 1. The zero-order valence-electron chi connectivity index (χ0n) is 11.8. The molecule has 1 aliphatic rings. The molecule has 2 heteroatoms. The van der Waals surface area contributed by atoms with Crippen LogP contribution in [0, 0.1) is 5.92 Å². The third-order valence-corrected chi connectivity index (χ3v) is 4.35. The summed E-state index contributed by atoms with van der Waals surface area (Å²) in [5, 5.41) is 0. The van der Waals surface area contributed by atoms with Gasteiger partial charge in [-0.25, -0.2) is 0 Å². The van der Waals surface area contributed by atoms with Gasteiger partial charge in [-0.2, -0.15) is 0 Å². The molecule has 0 aliphatic heterocycles. The number of aromatic nitrogens is 1. The molecule has 0 N–H and O–H groups in total. The van der Waals surface area contributed by atoms with E-state index < -0.39 is 0 Å². The highest BCUT2D eigenvalue weighted by atomic mass is 35.5. The zero-order chi connectivity index (χ0) is 13.5. The van der Waals surface area contributed by atoms with Crippen molar-refractivity contribution in [2.24, 2.45) is 5.92 Å². The lowest BCUT2D eigenvalue weighted by Gasteiger charge is -2.26. The third kappa shape index (κ3) is 4.35. The van der Waals surface area contributed by atoms with Gasteiger partial charge in [-0.15, -0.1) is 0 Å². The summed E-state index contributed by atoms with van der Waals surface area (Å²) in [4.78, 5) is 4.68. The fourth-order valence-electron chi connectivity index (χ4n) is 2.92. The molecular formula is C17H24ClN. The van der Waals surface area contributed by atoms with Gasteiger partial charge in [0.2, 0.25) is 0 Å². The first kappa shape index (κ1) is 14.6. The first-order valence-electron chi connectivity index (χ1n) is 7.55. The molecular weight excluding hydrogens is 254 g/mol. The predicted molar refractivity (Wildman–Crippen MR) is 82.5 cm³/mol. The van der Waals surface area contributed by atoms with Gasteiger partial charge in [0.05, 0.1) is 0 Å². The molecule has 1 aromatic heterocycles. The van der Waals surface area contributed by atoms with E-state index in [0.29, 0.717) is 11.8 Å². The van der Waals surface area contributed by atoms with E-state index in [9.17, 15) is 0 Å². The Morgan fingerprint density at radius 1 is 1.26 bits per heavy atom. The summed E-state index contributed by atoms with van der Waals surface area (Å²) >= 11 is 5.65. The van der Waals surface area contributed by atoms with Crippen LogP contribution in [0.25, 0.3) is 0 Å². The number of halogens is 1. The van der Waals surface area contributed by atoms with E-state index in [1.807, 2.05) is 0 Å². The normalized spacial score (nSPS) is 23.9. The maximum absolute atomic E-state index is 5.65. The topological polar surface area (TPSA) is 12.9 Å². The van der Waals surface area contributed by atoms with Crippen molar-refractivity contribution in [2.75, 3.05) is 0 Å². The van der Waals surface area contributed by atoms with Crippen molar-refractivity contribution in [1.29, 1.82) is 0 Å². The molecule has 104 valence electrons. The number of nitrogens with zero attached hydrogens (tertiary/aromatic N) is 1. The van der Waals surface area contributed by atoms with E-state index in [-0.39, 0.29) is 0 Å². The molecule has 0 saturated heterocycles. The molecule has 1 nitrogen and oxygen atoms in total. The number of aryl methyl sites for hydroxylation is 1. The van der Waals surface area contributed by atoms with Crippen molar-refractivity contribution >= 4 is 11.6 Å². The van der Waals surface area contributed by atoms with Crippen LogP contribution in [0.4, 0.5) is 0 Å². The van der Waals surface area contributed by atoms with Gasteiger partial charge < -0.3 is 0 Å². The molecule has 0 atom stereocenters. The maximum atomic E-state index is 5.65. The summed E-state index contributed by atoms with van der Waals surface area (Å²) < 4.78 is 0. The largest absolute Gasteiger partial charge is 0.261 e. The summed E-state index contributed by atoms with van der Waals surface area (Å²) in [7, 11) is 0. The van der Waals surface area contributed by atoms with Crippen molar-refractivity contribution in [1.82, 2.24) is 4.98 Å². The lowest BCUT2D eigenvalue weighted by atomic mass is 9.80. The summed E-state index contributed by atoms with van der Waals surface area (Å²) in [6, 6.07) is 4.51. The van der Waals surface area contributed by atoms with Gasteiger partial charge in [-0.05, 0) is 56.1 Å². The highest BCUT2D eigenvalue weighted by Gasteiger charge is 2.21. The third-order valence-electron chi connectivity index (χ3n) is 4.20. The van der Waals surface area contributed by atoms with E-state index in [4.69, 9.17) is 11.6 Å². The number of rotatable bonds is 5. The molecule has 19 heavy (non-hydrogen) atoms. The minimum atomic E-state index is 0.653. The van der Waals surface area contributed by atoms with E-state index in [0.717, 1.165) is 6.42 Å². The highest BCUT2D eigenvalue weighted by molar-refractivity contribution is 6.25. The number of unbranched alkanes of at least 4 members (excludes halogenated alkanes) is 1. The Balaban J connectivity index is 1.89. The van der Waals surface area contributed by atoms with Crippen LogP contribution in [0.5, 0.6) is 0 Å². The molecule has 0 aromatic carbocycles. The Bertz CT molecular complexity index is 388. The molecule has 1 aliphatic carbocycles. The second kappa shape index (κ2) is 7.69. The SMILES string of the molecule is CCCCc1ccc([C@H]2CC[C@H](/C=C/Cl)CC2)nc1. The lowest BCUT2D eigenvalue weighted by molar-refractivity contribution is 0.371. The summed E-state index contributed by atoms with van der Waals surface area (Å²) in [5.41, 5.74) is 4.34. The summed E-state index contributed by atoms with van der Waals surface area (Å²) in [6.45, 7) is 2.23. The fourth-order valence-corrected chi connectivity index (χ4v) is 3.12. The standard InChI is InChI=1S/C17H24ClN/c1-2-3-4-15-7-10-17(19-13-15)16-8-5-14(6-9-16)11-12-18/h7,10-14,16H,2-6,8-9H2,1H3/b12-11+/t14-,16-. The maximum Gasteiger partial charge on any atom is 0.0434 e. The first-order valence-corrected chi connectivity index (χ1v) is 7.98. The van der Waals surface area contributed by atoms with Gasteiger partial charge in [0.1, 0.15) is 0 Å². The number of hydrogen-bond acceptors (Lipinski definition) is 1. The molecule has 0 spiro atoms. The highest BCUT2D eigenvalue weighted by Crippen LogP contribution is 2.35. The Hall–Kier alpha value is -0.820. The van der Waals surface area contributed by atoms with Gasteiger partial charge in [-0.1, -0.05) is 37.1 Å². The van der Waals surface area contributed by atoms with Gasteiger partial charge >= 0.3 is 0 Å².